The van der Waals surface area contributed by atoms with E-state index in [0.717, 1.165) is 12.2 Å². The molecule has 2 rings (SSSR count). The summed E-state index contributed by atoms with van der Waals surface area (Å²) in [6.07, 6.45) is 2.58. The van der Waals surface area contributed by atoms with E-state index < -0.39 is 0 Å². The lowest BCUT2D eigenvalue weighted by molar-refractivity contribution is -0.113. The molecule has 0 aromatic carbocycles. The van der Waals surface area contributed by atoms with Crippen LogP contribution in [-0.2, 0) is 17.8 Å². The summed E-state index contributed by atoms with van der Waals surface area (Å²) in [5.74, 6) is 0.994. The molecule has 106 valence electrons. The molecule has 0 fully saturated rings. The number of carbonyl (C=O) groups is 1. The van der Waals surface area contributed by atoms with Crippen molar-refractivity contribution in [1.29, 1.82) is 0 Å². The van der Waals surface area contributed by atoms with Crippen molar-refractivity contribution in [3.05, 3.63) is 24.0 Å². The predicted octanol–water partition coefficient (Wildman–Crippen LogP) is 1.61. The van der Waals surface area contributed by atoms with Crippen molar-refractivity contribution < 1.29 is 4.79 Å². The number of carbonyl (C=O) groups excluding carboxylic acids is 1. The minimum Gasteiger partial charge on any atom is -0.302 e. The monoisotopic (exact) mass is 310 g/mol. The largest absolute Gasteiger partial charge is 0.302 e. The lowest BCUT2D eigenvalue weighted by atomic mass is 10.4. The van der Waals surface area contributed by atoms with Gasteiger partial charge in [0.05, 0.1) is 5.75 Å². The molecule has 0 unspecified atom stereocenters. The third kappa shape index (κ3) is 3.64. The molecule has 2 aromatic rings. The van der Waals surface area contributed by atoms with Gasteiger partial charge in [-0.05, 0) is 0 Å². The first-order chi connectivity index (χ1) is 9.74. The van der Waals surface area contributed by atoms with E-state index in [1.165, 1.54) is 23.1 Å². The summed E-state index contributed by atoms with van der Waals surface area (Å²) < 4.78 is 1.95. The van der Waals surface area contributed by atoms with Crippen LogP contribution in [0.2, 0.25) is 0 Å². The van der Waals surface area contributed by atoms with Crippen LogP contribution in [0.25, 0.3) is 0 Å². The normalized spacial score (nSPS) is 10.4. The second-order valence-corrected chi connectivity index (χ2v) is 5.51. The van der Waals surface area contributed by atoms with Gasteiger partial charge in [-0.3, -0.25) is 10.1 Å². The lowest BCUT2D eigenvalue weighted by Crippen LogP contribution is -2.14. The highest BCUT2D eigenvalue weighted by Crippen LogP contribution is 2.18. The molecule has 2 heterocycles. The van der Waals surface area contributed by atoms with Gasteiger partial charge in [-0.15, -0.1) is 27.0 Å². The molecule has 9 heteroatoms. The average molecular weight is 310 g/mol. The van der Waals surface area contributed by atoms with Crippen LogP contribution in [0.1, 0.15) is 12.7 Å². The van der Waals surface area contributed by atoms with Crippen LogP contribution in [0.4, 0.5) is 5.13 Å². The Balaban J connectivity index is 1.94. The molecule has 0 saturated heterocycles. The standard InChI is InChI=1S/C11H14N6OS2/c1-3-5-17-8(4-2)14-16-11(17)19-6-9(18)13-10-15-12-7-20-10/h3,7H,1,4-6H2,2H3,(H,13,15,18). The van der Waals surface area contributed by atoms with Crippen LogP contribution in [0.15, 0.2) is 23.3 Å². The summed E-state index contributed by atoms with van der Waals surface area (Å²) in [4.78, 5) is 11.8. The number of hydrogen-bond donors (Lipinski definition) is 1. The van der Waals surface area contributed by atoms with Crippen LogP contribution >= 0.6 is 23.1 Å². The Labute approximate surface area is 124 Å². The van der Waals surface area contributed by atoms with Crippen LogP contribution < -0.4 is 5.32 Å². The van der Waals surface area contributed by atoms with E-state index >= 15 is 0 Å². The molecular formula is C11H14N6OS2. The quantitative estimate of drug-likeness (QED) is 0.617. The van der Waals surface area contributed by atoms with E-state index in [4.69, 9.17) is 0 Å². The predicted molar refractivity (Wildman–Crippen MR) is 78.9 cm³/mol. The molecule has 0 aliphatic carbocycles. The fraction of sp³-hybridized carbons (Fsp3) is 0.364. The Hall–Kier alpha value is -1.74. The zero-order chi connectivity index (χ0) is 14.4. The summed E-state index contributed by atoms with van der Waals surface area (Å²) in [5, 5.41) is 19.5. The number of nitrogens with zero attached hydrogens (tertiary/aromatic N) is 5. The van der Waals surface area contributed by atoms with Crippen molar-refractivity contribution in [2.45, 2.75) is 25.0 Å². The van der Waals surface area contributed by atoms with Gasteiger partial charge < -0.3 is 4.57 Å². The minimum atomic E-state index is -0.141. The molecule has 0 bridgehead atoms. The van der Waals surface area contributed by atoms with Gasteiger partial charge in [0.2, 0.25) is 11.0 Å². The Morgan fingerprint density at radius 1 is 1.55 bits per heavy atom. The van der Waals surface area contributed by atoms with Crippen molar-refractivity contribution in [3.63, 3.8) is 0 Å². The molecule has 1 N–H and O–H groups in total. The van der Waals surface area contributed by atoms with Gasteiger partial charge in [-0.1, -0.05) is 36.1 Å². The van der Waals surface area contributed by atoms with Crippen LogP contribution in [-0.4, -0.2) is 36.6 Å². The van der Waals surface area contributed by atoms with E-state index in [1.54, 1.807) is 11.6 Å². The van der Waals surface area contributed by atoms with E-state index in [0.29, 0.717) is 16.8 Å². The van der Waals surface area contributed by atoms with Gasteiger partial charge in [-0.25, -0.2) is 0 Å². The summed E-state index contributed by atoms with van der Waals surface area (Å²) in [5.41, 5.74) is 1.57. The smallest absolute Gasteiger partial charge is 0.236 e. The number of rotatable bonds is 7. The van der Waals surface area contributed by atoms with Crippen LogP contribution in [0, 0.1) is 0 Å². The molecule has 0 aliphatic rings. The zero-order valence-electron chi connectivity index (χ0n) is 10.9. The molecule has 20 heavy (non-hydrogen) atoms. The maximum absolute atomic E-state index is 11.8. The molecule has 2 aromatic heterocycles. The van der Waals surface area contributed by atoms with E-state index in [9.17, 15) is 4.79 Å². The Bertz CT molecular complexity index is 580. The third-order valence-electron chi connectivity index (χ3n) is 2.36. The highest BCUT2D eigenvalue weighted by atomic mass is 32.2. The molecule has 0 saturated carbocycles. The Morgan fingerprint density at radius 2 is 2.40 bits per heavy atom. The molecule has 0 aliphatic heterocycles. The fourth-order valence-corrected chi connectivity index (χ4v) is 2.74. The Morgan fingerprint density at radius 3 is 3.05 bits per heavy atom. The van der Waals surface area contributed by atoms with Gasteiger partial charge in [0.25, 0.3) is 0 Å². The summed E-state index contributed by atoms with van der Waals surface area (Å²) >= 11 is 2.62. The van der Waals surface area contributed by atoms with E-state index in [2.05, 4.69) is 32.3 Å². The van der Waals surface area contributed by atoms with E-state index in [1.807, 2.05) is 11.5 Å². The summed E-state index contributed by atoms with van der Waals surface area (Å²) in [6.45, 7) is 6.37. The Kier molecular flexibility index (Phi) is 5.24. The summed E-state index contributed by atoms with van der Waals surface area (Å²) in [7, 11) is 0. The number of amides is 1. The molecule has 1 amide bonds. The van der Waals surface area contributed by atoms with Crippen LogP contribution in [0.3, 0.4) is 0 Å². The van der Waals surface area contributed by atoms with Crippen molar-refractivity contribution >= 4 is 34.1 Å². The van der Waals surface area contributed by atoms with Gasteiger partial charge >= 0.3 is 0 Å². The number of aryl methyl sites for hydroxylation is 1. The molecule has 0 atom stereocenters. The number of nitrogens with one attached hydrogen (secondary N) is 1. The second kappa shape index (κ2) is 7.15. The fourth-order valence-electron chi connectivity index (χ4n) is 1.51. The van der Waals surface area contributed by atoms with Gasteiger partial charge in [0, 0.05) is 13.0 Å². The summed E-state index contributed by atoms with van der Waals surface area (Å²) in [6, 6.07) is 0. The number of aromatic nitrogens is 5. The lowest BCUT2D eigenvalue weighted by Gasteiger charge is -2.05. The highest BCUT2D eigenvalue weighted by molar-refractivity contribution is 7.99. The number of anilines is 1. The van der Waals surface area contributed by atoms with Gasteiger partial charge in [0.15, 0.2) is 5.16 Å². The van der Waals surface area contributed by atoms with Crippen molar-refractivity contribution in [2.24, 2.45) is 0 Å². The molecular weight excluding hydrogens is 296 g/mol. The van der Waals surface area contributed by atoms with Crippen LogP contribution in [0.5, 0.6) is 0 Å². The van der Waals surface area contributed by atoms with Gasteiger partial charge in [0.1, 0.15) is 11.3 Å². The second-order valence-electron chi connectivity index (χ2n) is 3.73. The zero-order valence-corrected chi connectivity index (χ0v) is 12.6. The average Bonchev–Trinajstić information content (AvgIpc) is 3.07. The number of allylic oxidation sites excluding steroid dienone is 1. The first-order valence-electron chi connectivity index (χ1n) is 5.96. The molecule has 7 nitrogen and oxygen atoms in total. The minimum absolute atomic E-state index is 0.141. The first-order valence-corrected chi connectivity index (χ1v) is 7.83. The van der Waals surface area contributed by atoms with Crippen molar-refractivity contribution in [3.8, 4) is 0 Å². The van der Waals surface area contributed by atoms with E-state index in [-0.39, 0.29) is 11.7 Å². The van der Waals surface area contributed by atoms with Crippen molar-refractivity contribution in [1.82, 2.24) is 25.0 Å². The number of hydrogen-bond acceptors (Lipinski definition) is 7. The third-order valence-corrected chi connectivity index (χ3v) is 3.93. The first kappa shape index (κ1) is 14.7. The molecule has 0 spiro atoms. The number of thioether (sulfide) groups is 1. The highest BCUT2D eigenvalue weighted by Gasteiger charge is 2.12. The maximum atomic E-state index is 11.8. The van der Waals surface area contributed by atoms with Gasteiger partial charge in [-0.2, -0.15) is 0 Å². The maximum Gasteiger partial charge on any atom is 0.236 e. The molecule has 0 radical (unpaired) electrons. The SMILES string of the molecule is C=CCn1c(CC)nnc1SCC(=O)Nc1nncs1. The topological polar surface area (TPSA) is 85.6 Å². The van der Waals surface area contributed by atoms with Crippen molar-refractivity contribution in [2.75, 3.05) is 11.1 Å².